The Balaban J connectivity index is 1.94. The van der Waals surface area contributed by atoms with Crippen molar-refractivity contribution < 1.29 is 14.7 Å². The summed E-state index contributed by atoms with van der Waals surface area (Å²) < 4.78 is 1.68. The number of aromatic carboxylic acids is 1. The molecule has 1 aromatic carbocycles. The van der Waals surface area contributed by atoms with Crippen LogP contribution in [0.25, 0.3) is 16.4 Å². The topological polar surface area (TPSA) is 86.9 Å². The van der Waals surface area contributed by atoms with Crippen molar-refractivity contribution in [3.63, 3.8) is 0 Å². The highest BCUT2D eigenvalue weighted by Gasteiger charge is 2.28. The van der Waals surface area contributed by atoms with E-state index in [9.17, 15) is 14.7 Å². The third-order valence-electron chi connectivity index (χ3n) is 4.87. The smallest absolute Gasteiger partial charge is 0.356 e. The van der Waals surface area contributed by atoms with Crippen molar-refractivity contribution in [1.29, 1.82) is 0 Å². The van der Waals surface area contributed by atoms with Crippen LogP contribution in [0.3, 0.4) is 0 Å². The number of nitrogens with one attached hydrogen (secondary N) is 1. The molecule has 2 atom stereocenters. The molecular weight excluding hydrogens is 368 g/mol. The van der Waals surface area contributed by atoms with Crippen LogP contribution in [0.1, 0.15) is 34.7 Å². The lowest BCUT2D eigenvalue weighted by atomic mass is 10.0. The molecule has 0 spiro atoms. The number of hydrogen-bond acceptors (Lipinski definition) is 4. The first kappa shape index (κ1) is 17.8. The first-order valence-corrected chi connectivity index (χ1v) is 9.11. The molecule has 1 amide bonds. The summed E-state index contributed by atoms with van der Waals surface area (Å²) in [6.45, 7) is 5.24. The molecule has 0 bridgehead atoms. The average Bonchev–Trinajstić information content (AvgIpc) is 3.03. The molecule has 140 valence electrons. The van der Waals surface area contributed by atoms with Crippen LogP contribution in [0.15, 0.2) is 30.6 Å². The largest absolute Gasteiger partial charge is 0.476 e. The number of carbonyl (C=O) groups is 2. The highest BCUT2D eigenvalue weighted by Crippen LogP contribution is 2.28. The number of aromatic nitrogens is 2. The van der Waals surface area contributed by atoms with Gasteiger partial charge >= 0.3 is 5.97 Å². The van der Waals surface area contributed by atoms with E-state index < -0.39 is 5.97 Å². The summed E-state index contributed by atoms with van der Waals surface area (Å²) in [5, 5.41) is 14.0. The monoisotopic (exact) mass is 386 g/mol. The van der Waals surface area contributed by atoms with Crippen molar-refractivity contribution in [2.24, 2.45) is 0 Å². The van der Waals surface area contributed by atoms with Gasteiger partial charge in [-0.15, -0.1) is 0 Å². The Morgan fingerprint density at radius 2 is 1.89 bits per heavy atom. The highest BCUT2D eigenvalue weighted by molar-refractivity contribution is 6.31. The average molecular weight is 387 g/mol. The van der Waals surface area contributed by atoms with Crippen molar-refractivity contribution in [1.82, 2.24) is 19.6 Å². The van der Waals surface area contributed by atoms with E-state index in [1.54, 1.807) is 33.6 Å². The van der Waals surface area contributed by atoms with Gasteiger partial charge in [-0.25, -0.2) is 9.78 Å². The van der Waals surface area contributed by atoms with Crippen LogP contribution in [-0.2, 0) is 0 Å². The Morgan fingerprint density at radius 1 is 1.19 bits per heavy atom. The number of carboxylic acids is 1. The molecule has 2 N–H and O–H groups in total. The number of pyridine rings is 1. The second-order valence-corrected chi connectivity index (χ2v) is 7.49. The van der Waals surface area contributed by atoms with Gasteiger partial charge in [0.2, 0.25) is 0 Å². The highest BCUT2D eigenvalue weighted by atomic mass is 35.5. The summed E-state index contributed by atoms with van der Waals surface area (Å²) in [7, 11) is 0. The number of piperazine rings is 1. The van der Waals surface area contributed by atoms with Crippen LogP contribution in [0.4, 0.5) is 0 Å². The normalized spacial score (nSPS) is 20.3. The molecule has 3 aromatic rings. The van der Waals surface area contributed by atoms with Crippen molar-refractivity contribution in [3.8, 4) is 0 Å². The van der Waals surface area contributed by atoms with Gasteiger partial charge < -0.3 is 15.3 Å². The number of carboxylic acid groups (broad SMARTS) is 1. The third-order valence-corrected chi connectivity index (χ3v) is 5.11. The SMILES string of the molecule is C[C@@H]1CN(C(=O)c2cc3c(C(=O)O)ncn3c3ccc(Cl)cc23)C[C@@H](C)N1. The number of benzene rings is 1. The van der Waals surface area contributed by atoms with E-state index in [0.29, 0.717) is 40.1 Å². The van der Waals surface area contributed by atoms with Crippen LogP contribution < -0.4 is 5.32 Å². The lowest BCUT2D eigenvalue weighted by Gasteiger charge is -2.36. The number of hydrogen-bond donors (Lipinski definition) is 2. The lowest BCUT2D eigenvalue weighted by molar-refractivity contribution is 0.0671. The quantitative estimate of drug-likeness (QED) is 0.707. The molecule has 8 heteroatoms. The lowest BCUT2D eigenvalue weighted by Crippen LogP contribution is -2.55. The maximum absolute atomic E-state index is 13.3. The number of imidazole rings is 1. The predicted molar refractivity (Wildman–Crippen MR) is 103 cm³/mol. The number of nitrogens with zero attached hydrogens (tertiary/aromatic N) is 3. The molecule has 27 heavy (non-hydrogen) atoms. The van der Waals surface area contributed by atoms with E-state index in [2.05, 4.69) is 10.3 Å². The van der Waals surface area contributed by atoms with Gasteiger partial charge in [-0.3, -0.25) is 9.20 Å². The van der Waals surface area contributed by atoms with Gasteiger partial charge in [0.25, 0.3) is 5.91 Å². The summed E-state index contributed by atoms with van der Waals surface area (Å²) >= 11 is 6.18. The summed E-state index contributed by atoms with van der Waals surface area (Å²) in [6, 6.07) is 7.19. The Morgan fingerprint density at radius 3 is 2.56 bits per heavy atom. The second-order valence-electron chi connectivity index (χ2n) is 7.05. The predicted octanol–water partition coefficient (Wildman–Crippen LogP) is 2.66. The minimum Gasteiger partial charge on any atom is -0.476 e. The zero-order chi connectivity index (χ0) is 19.3. The van der Waals surface area contributed by atoms with E-state index in [4.69, 9.17) is 11.6 Å². The Kier molecular flexibility index (Phi) is 4.28. The zero-order valence-electron chi connectivity index (χ0n) is 14.9. The molecule has 1 aliphatic rings. The Hall–Kier alpha value is -2.64. The minimum absolute atomic E-state index is 0.0806. The number of fused-ring (bicyclic) bond motifs is 3. The molecule has 2 aromatic heterocycles. The fraction of sp³-hybridized carbons (Fsp3) is 0.316. The van der Waals surface area contributed by atoms with E-state index >= 15 is 0 Å². The van der Waals surface area contributed by atoms with Gasteiger partial charge in [-0.05, 0) is 38.1 Å². The molecule has 0 unspecified atom stereocenters. The van der Waals surface area contributed by atoms with Crippen LogP contribution in [0.5, 0.6) is 0 Å². The van der Waals surface area contributed by atoms with Crippen LogP contribution >= 0.6 is 11.6 Å². The van der Waals surface area contributed by atoms with Gasteiger partial charge in [-0.1, -0.05) is 11.6 Å². The van der Waals surface area contributed by atoms with Crippen molar-refractivity contribution >= 4 is 39.9 Å². The summed E-state index contributed by atoms with van der Waals surface area (Å²) in [5.41, 5.74) is 1.43. The number of amides is 1. The van der Waals surface area contributed by atoms with Crippen LogP contribution in [-0.4, -0.2) is 56.4 Å². The van der Waals surface area contributed by atoms with Crippen molar-refractivity contribution in [2.75, 3.05) is 13.1 Å². The standard InChI is InChI=1S/C19H19ClN4O3/c1-10-7-23(8-11(2)22-10)18(25)14-6-16-17(19(26)27)21-9-24(16)15-4-3-12(20)5-13(14)15/h3-6,9-11,22H,7-8H2,1-2H3,(H,26,27)/t10-,11-/m1/s1. The third kappa shape index (κ3) is 3.02. The molecule has 0 radical (unpaired) electrons. The fourth-order valence-corrected chi connectivity index (χ4v) is 4.01. The molecule has 4 rings (SSSR count). The molecule has 0 aliphatic carbocycles. The van der Waals surface area contributed by atoms with Gasteiger partial charge in [0, 0.05) is 35.6 Å². The summed E-state index contributed by atoms with van der Waals surface area (Å²) in [5.74, 6) is -1.27. The van der Waals surface area contributed by atoms with E-state index in [1.165, 1.54) is 6.33 Å². The van der Waals surface area contributed by atoms with Gasteiger partial charge in [0.15, 0.2) is 5.69 Å². The maximum atomic E-state index is 13.3. The second kappa shape index (κ2) is 6.51. The van der Waals surface area contributed by atoms with Crippen LogP contribution in [0, 0.1) is 0 Å². The van der Waals surface area contributed by atoms with E-state index in [0.717, 1.165) is 0 Å². The number of rotatable bonds is 2. The van der Waals surface area contributed by atoms with Crippen molar-refractivity contribution in [3.05, 3.63) is 46.9 Å². The molecule has 0 saturated carbocycles. The minimum atomic E-state index is -1.13. The molecule has 1 aliphatic heterocycles. The molecule has 7 nitrogen and oxygen atoms in total. The Bertz CT molecular complexity index is 1070. The summed E-state index contributed by atoms with van der Waals surface area (Å²) in [4.78, 5) is 30.7. The molecule has 3 heterocycles. The molecular formula is C19H19ClN4O3. The van der Waals surface area contributed by atoms with Crippen LogP contribution in [0.2, 0.25) is 5.02 Å². The zero-order valence-corrected chi connectivity index (χ0v) is 15.7. The van der Waals surface area contributed by atoms with Gasteiger partial charge in [0.1, 0.15) is 6.33 Å². The number of halogens is 1. The fourth-order valence-electron chi connectivity index (χ4n) is 3.84. The molecule has 1 saturated heterocycles. The maximum Gasteiger partial charge on any atom is 0.356 e. The first-order chi connectivity index (χ1) is 12.8. The van der Waals surface area contributed by atoms with Crippen molar-refractivity contribution in [2.45, 2.75) is 25.9 Å². The van der Waals surface area contributed by atoms with E-state index in [-0.39, 0.29) is 23.7 Å². The summed E-state index contributed by atoms with van der Waals surface area (Å²) in [6.07, 6.45) is 1.46. The van der Waals surface area contributed by atoms with E-state index in [1.807, 2.05) is 13.8 Å². The van der Waals surface area contributed by atoms with Gasteiger partial charge in [-0.2, -0.15) is 0 Å². The van der Waals surface area contributed by atoms with Gasteiger partial charge in [0.05, 0.1) is 16.6 Å². The number of carbonyl (C=O) groups excluding carboxylic acids is 1. The Labute approximate surface area is 160 Å². The molecule has 1 fully saturated rings. The first-order valence-electron chi connectivity index (χ1n) is 8.73.